The highest BCUT2D eigenvalue weighted by atomic mass is 16.2. The lowest BCUT2D eigenvalue weighted by Gasteiger charge is -2.31. The van der Waals surface area contributed by atoms with Crippen molar-refractivity contribution in [1.29, 1.82) is 5.26 Å². The SMILES string of the molecule is CC(C)c1nnc2n1CCN(c1c(C#N)c(=O)n(C)c(=O)n1C)C2. The van der Waals surface area contributed by atoms with Crippen LogP contribution in [0.25, 0.3) is 0 Å². The molecular formula is C15H19N7O2. The average Bonchev–Trinajstić information content (AvgIpc) is 2.99. The predicted molar refractivity (Wildman–Crippen MR) is 86.8 cm³/mol. The van der Waals surface area contributed by atoms with E-state index in [0.29, 0.717) is 25.5 Å². The summed E-state index contributed by atoms with van der Waals surface area (Å²) in [5.74, 6) is 2.29. The Morgan fingerprint density at radius 3 is 2.46 bits per heavy atom. The first-order chi connectivity index (χ1) is 11.4. The van der Waals surface area contributed by atoms with E-state index in [4.69, 9.17) is 0 Å². The van der Waals surface area contributed by atoms with Crippen LogP contribution in [-0.4, -0.2) is 30.4 Å². The molecule has 0 atom stereocenters. The molecule has 0 saturated heterocycles. The third-order valence-corrected chi connectivity index (χ3v) is 4.34. The lowest BCUT2D eigenvalue weighted by molar-refractivity contribution is 0.519. The Balaban J connectivity index is 2.11. The van der Waals surface area contributed by atoms with E-state index in [0.717, 1.165) is 16.2 Å². The first-order valence-corrected chi connectivity index (χ1v) is 7.73. The second-order valence-corrected chi connectivity index (χ2v) is 6.22. The van der Waals surface area contributed by atoms with Crippen molar-refractivity contribution in [2.75, 3.05) is 11.4 Å². The van der Waals surface area contributed by atoms with Gasteiger partial charge >= 0.3 is 5.69 Å². The van der Waals surface area contributed by atoms with E-state index in [1.54, 1.807) is 7.05 Å². The van der Waals surface area contributed by atoms with Crippen LogP contribution in [0.2, 0.25) is 0 Å². The Labute approximate surface area is 138 Å². The van der Waals surface area contributed by atoms with Gasteiger partial charge in [-0.05, 0) is 0 Å². The highest BCUT2D eigenvalue weighted by molar-refractivity contribution is 5.53. The van der Waals surface area contributed by atoms with Gasteiger partial charge in [-0.3, -0.25) is 13.9 Å². The van der Waals surface area contributed by atoms with Gasteiger partial charge in [0.2, 0.25) is 0 Å². The third kappa shape index (κ3) is 2.22. The number of hydrogen-bond acceptors (Lipinski definition) is 6. The molecule has 0 spiro atoms. The second-order valence-electron chi connectivity index (χ2n) is 6.22. The van der Waals surface area contributed by atoms with E-state index in [1.807, 2.05) is 11.0 Å². The Bertz CT molecular complexity index is 958. The summed E-state index contributed by atoms with van der Waals surface area (Å²) in [7, 11) is 2.94. The van der Waals surface area contributed by atoms with Crippen LogP contribution in [0.15, 0.2) is 9.59 Å². The molecule has 9 nitrogen and oxygen atoms in total. The minimum absolute atomic E-state index is 0.0309. The van der Waals surface area contributed by atoms with Crippen molar-refractivity contribution in [3.63, 3.8) is 0 Å². The molecule has 0 fully saturated rings. The third-order valence-electron chi connectivity index (χ3n) is 4.34. The van der Waals surface area contributed by atoms with E-state index in [-0.39, 0.29) is 11.5 Å². The van der Waals surface area contributed by atoms with Crippen molar-refractivity contribution in [2.24, 2.45) is 14.1 Å². The zero-order valence-electron chi connectivity index (χ0n) is 14.1. The summed E-state index contributed by atoms with van der Waals surface area (Å²) < 4.78 is 4.35. The normalized spacial score (nSPS) is 13.9. The minimum atomic E-state index is -0.578. The van der Waals surface area contributed by atoms with Gasteiger partial charge in [-0.15, -0.1) is 10.2 Å². The van der Waals surface area contributed by atoms with Crippen molar-refractivity contribution >= 4 is 5.82 Å². The van der Waals surface area contributed by atoms with Crippen LogP contribution < -0.4 is 16.1 Å². The number of hydrogen-bond donors (Lipinski definition) is 0. The van der Waals surface area contributed by atoms with Crippen molar-refractivity contribution < 1.29 is 0 Å². The molecule has 3 rings (SSSR count). The molecule has 2 aromatic rings. The van der Waals surface area contributed by atoms with Crippen LogP contribution in [0.4, 0.5) is 5.82 Å². The van der Waals surface area contributed by atoms with Gasteiger partial charge in [0, 0.05) is 33.1 Å². The molecule has 9 heteroatoms. The fourth-order valence-corrected chi connectivity index (χ4v) is 3.09. The largest absolute Gasteiger partial charge is 0.347 e. The molecule has 0 N–H and O–H groups in total. The molecule has 0 saturated carbocycles. The molecule has 2 aromatic heterocycles. The van der Waals surface area contributed by atoms with E-state index in [2.05, 4.69) is 28.6 Å². The molecular weight excluding hydrogens is 310 g/mol. The van der Waals surface area contributed by atoms with Gasteiger partial charge in [-0.1, -0.05) is 13.8 Å². The number of fused-ring (bicyclic) bond motifs is 1. The molecule has 24 heavy (non-hydrogen) atoms. The van der Waals surface area contributed by atoms with Crippen LogP contribution in [0.3, 0.4) is 0 Å². The second kappa shape index (κ2) is 5.63. The molecule has 0 amide bonds. The first-order valence-electron chi connectivity index (χ1n) is 7.73. The Morgan fingerprint density at radius 1 is 1.12 bits per heavy atom. The molecule has 0 radical (unpaired) electrons. The van der Waals surface area contributed by atoms with Gasteiger partial charge in [-0.2, -0.15) is 5.26 Å². The number of aromatic nitrogens is 5. The number of rotatable bonds is 2. The topological polar surface area (TPSA) is 102 Å². The van der Waals surface area contributed by atoms with Crippen molar-refractivity contribution in [2.45, 2.75) is 32.9 Å². The van der Waals surface area contributed by atoms with Crippen molar-refractivity contribution in [3.05, 3.63) is 38.1 Å². The van der Waals surface area contributed by atoms with Crippen LogP contribution >= 0.6 is 0 Å². The number of anilines is 1. The van der Waals surface area contributed by atoms with Gasteiger partial charge in [-0.25, -0.2) is 4.79 Å². The van der Waals surface area contributed by atoms with E-state index < -0.39 is 11.2 Å². The summed E-state index contributed by atoms with van der Waals surface area (Å²) in [4.78, 5) is 26.3. The quantitative estimate of drug-likeness (QED) is 0.749. The first kappa shape index (κ1) is 16.0. The molecule has 0 aliphatic carbocycles. The lowest BCUT2D eigenvalue weighted by Crippen LogP contribution is -2.44. The molecule has 0 unspecified atom stereocenters. The molecule has 3 heterocycles. The highest BCUT2D eigenvalue weighted by Gasteiger charge is 2.27. The van der Waals surface area contributed by atoms with Gasteiger partial charge in [0.25, 0.3) is 5.56 Å². The van der Waals surface area contributed by atoms with Crippen molar-refractivity contribution in [3.8, 4) is 6.07 Å². The Morgan fingerprint density at radius 2 is 1.83 bits per heavy atom. The van der Waals surface area contributed by atoms with Crippen LogP contribution in [0.5, 0.6) is 0 Å². The average molecular weight is 329 g/mol. The zero-order chi connectivity index (χ0) is 17.6. The Hall–Kier alpha value is -2.89. The van der Waals surface area contributed by atoms with Gasteiger partial charge in [0.1, 0.15) is 17.7 Å². The molecule has 0 aromatic carbocycles. The number of nitriles is 1. The number of nitrogens with zero attached hydrogens (tertiary/aromatic N) is 7. The van der Waals surface area contributed by atoms with Gasteiger partial charge in [0.15, 0.2) is 11.4 Å². The maximum absolute atomic E-state index is 12.2. The predicted octanol–water partition coefficient (Wildman–Crippen LogP) is -0.309. The summed E-state index contributed by atoms with van der Waals surface area (Å²) in [6.07, 6.45) is 0. The van der Waals surface area contributed by atoms with Crippen LogP contribution in [-0.2, 0) is 27.2 Å². The summed E-state index contributed by atoms with van der Waals surface area (Å²) in [6, 6.07) is 1.94. The summed E-state index contributed by atoms with van der Waals surface area (Å²) in [6.45, 7) is 5.73. The molecule has 0 bridgehead atoms. The fourth-order valence-electron chi connectivity index (χ4n) is 3.09. The molecule has 1 aliphatic heterocycles. The maximum Gasteiger partial charge on any atom is 0.332 e. The van der Waals surface area contributed by atoms with Crippen LogP contribution in [0.1, 0.15) is 37.0 Å². The fraction of sp³-hybridized carbons (Fsp3) is 0.533. The molecule has 1 aliphatic rings. The minimum Gasteiger partial charge on any atom is -0.347 e. The standard InChI is InChI=1S/C15H19N7O2/c1-9(2)12-18-17-11-8-21(5-6-22(11)12)13-10(7-16)14(23)20(4)15(24)19(13)3/h9H,5-6,8H2,1-4H3. The molecule has 126 valence electrons. The summed E-state index contributed by atoms with van der Waals surface area (Å²) in [5, 5.41) is 17.8. The zero-order valence-corrected chi connectivity index (χ0v) is 14.1. The van der Waals surface area contributed by atoms with Crippen LogP contribution in [0, 0.1) is 11.3 Å². The maximum atomic E-state index is 12.2. The summed E-state index contributed by atoms with van der Waals surface area (Å²) >= 11 is 0. The van der Waals surface area contributed by atoms with E-state index in [1.165, 1.54) is 11.6 Å². The van der Waals surface area contributed by atoms with Gasteiger partial charge in [0.05, 0.1) is 6.54 Å². The Kier molecular flexibility index (Phi) is 3.75. The van der Waals surface area contributed by atoms with Gasteiger partial charge < -0.3 is 9.47 Å². The van der Waals surface area contributed by atoms with Crippen molar-refractivity contribution in [1.82, 2.24) is 23.9 Å². The van der Waals surface area contributed by atoms with E-state index in [9.17, 15) is 14.9 Å². The monoisotopic (exact) mass is 329 g/mol. The van der Waals surface area contributed by atoms with E-state index >= 15 is 0 Å². The lowest BCUT2D eigenvalue weighted by atomic mass is 10.2. The highest BCUT2D eigenvalue weighted by Crippen LogP contribution is 2.23. The smallest absolute Gasteiger partial charge is 0.332 e. The summed E-state index contributed by atoms with van der Waals surface area (Å²) in [5.41, 5.74) is -1.06.